The minimum absolute atomic E-state index is 0.193. The first-order valence-corrected chi connectivity index (χ1v) is 16.4. The van der Waals surface area contributed by atoms with E-state index in [-0.39, 0.29) is 15.0 Å². The van der Waals surface area contributed by atoms with Crippen LogP contribution in [-0.4, -0.2) is 19.4 Å². The summed E-state index contributed by atoms with van der Waals surface area (Å²) in [6.45, 7) is 12.7. The number of hydrogen-bond acceptors (Lipinski definition) is 1. The van der Waals surface area contributed by atoms with Gasteiger partial charge in [0.05, 0.1) is 0 Å². The molecule has 0 spiro atoms. The van der Waals surface area contributed by atoms with E-state index in [4.69, 9.17) is 5.26 Å². The Morgan fingerprint density at radius 1 is 1.03 bits per heavy atom. The minimum atomic E-state index is 0.193. The van der Waals surface area contributed by atoms with E-state index in [9.17, 15) is 0 Å². The molecule has 0 aromatic carbocycles. The monoisotopic (exact) mass is 591 g/mol. The summed E-state index contributed by atoms with van der Waals surface area (Å²) in [4.78, 5) is 2.47. The summed E-state index contributed by atoms with van der Waals surface area (Å²) in [6.07, 6.45) is 14.5. The fraction of sp³-hybridized carbons (Fsp3) is 0.963. The van der Waals surface area contributed by atoms with E-state index < -0.39 is 0 Å². The molecule has 0 bridgehead atoms. The van der Waals surface area contributed by atoms with Crippen molar-refractivity contribution in [2.75, 3.05) is 4.43 Å². The third-order valence-electron chi connectivity index (χ3n) is 10.3. The molecule has 172 valence electrons. The van der Waals surface area contributed by atoms with E-state index >= 15 is 0 Å². The third-order valence-corrected chi connectivity index (χ3v) is 12.5. The Morgan fingerprint density at radius 3 is 2.47 bits per heavy atom. The zero-order chi connectivity index (χ0) is 21.9. The molecular weight excluding hydrogens is 544 g/mol. The van der Waals surface area contributed by atoms with Crippen molar-refractivity contribution < 1.29 is 0 Å². The van der Waals surface area contributed by atoms with Gasteiger partial charge in [-0.25, -0.2) is 0 Å². The first-order chi connectivity index (χ1) is 14.3. The second-order valence-corrected chi connectivity index (χ2v) is 14.8. The van der Waals surface area contributed by atoms with Crippen molar-refractivity contribution in [3.63, 3.8) is 0 Å². The van der Waals surface area contributed by atoms with Crippen LogP contribution in [0.5, 0.6) is 0 Å². The predicted molar refractivity (Wildman–Crippen MR) is 139 cm³/mol. The Kier molecular flexibility index (Phi) is 9.11. The first-order valence-electron chi connectivity index (χ1n) is 12.8. The SMILES string of the molecule is CC(C)CCC[C@@H](C)[C@H]1CCC2C3CCC(CI)[C@](C)(CC[Se]C#N)C3CC[C@@]21C. The predicted octanol–water partition coefficient (Wildman–Crippen LogP) is 8.35. The topological polar surface area (TPSA) is 23.8 Å². The standard InChI is InChI=1S/C27H46INSe/c1-19(2)7-6-8-20(3)23-11-12-24-22-10-9-21(17-28)26(4,15-16-30-18-29)25(22)13-14-27(23,24)5/h19-25H,6-17H2,1-5H3/t20-,21?,22?,23-,24?,25?,26+,27-/m1/s1. The van der Waals surface area contributed by atoms with Crippen molar-refractivity contribution in [2.24, 2.45) is 52.3 Å². The number of halogens is 1. The Hall–Kier alpha value is 0.739. The van der Waals surface area contributed by atoms with E-state index in [1.165, 1.54) is 74.0 Å². The van der Waals surface area contributed by atoms with Crippen LogP contribution in [0.3, 0.4) is 0 Å². The number of fused-ring (bicyclic) bond motifs is 3. The van der Waals surface area contributed by atoms with E-state index in [2.05, 4.69) is 62.2 Å². The fourth-order valence-electron chi connectivity index (χ4n) is 8.52. The van der Waals surface area contributed by atoms with Crippen LogP contribution in [0, 0.1) is 62.5 Å². The average molecular weight is 591 g/mol. The normalized spacial score (nSPS) is 41.9. The summed E-state index contributed by atoms with van der Waals surface area (Å²) in [6, 6.07) is 0. The number of rotatable bonds is 9. The molecule has 0 amide bonds. The summed E-state index contributed by atoms with van der Waals surface area (Å²) in [5.74, 6) is 6.48. The summed E-state index contributed by atoms with van der Waals surface area (Å²) in [5.41, 5.74) is 1.10. The van der Waals surface area contributed by atoms with Crippen molar-refractivity contribution in [3.05, 3.63) is 0 Å². The summed E-state index contributed by atoms with van der Waals surface area (Å²) in [5, 5.41) is 10.3. The molecule has 3 heteroatoms. The van der Waals surface area contributed by atoms with Gasteiger partial charge in [-0.1, -0.05) is 13.8 Å². The van der Waals surface area contributed by atoms with Gasteiger partial charge in [0.1, 0.15) is 0 Å². The summed E-state index contributed by atoms with van der Waals surface area (Å²) in [7, 11) is 0. The van der Waals surface area contributed by atoms with Gasteiger partial charge >= 0.3 is 189 Å². The van der Waals surface area contributed by atoms with Crippen molar-refractivity contribution in [1.82, 2.24) is 0 Å². The first kappa shape index (κ1) is 25.4. The van der Waals surface area contributed by atoms with Crippen LogP contribution in [0.25, 0.3) is 0 Å². The Labute approximate surface area is 207 Å². The maximum atomic E-state index is 9.14. The van der Waals surface area contributed by atoms with Gasteiger partial charge in [0.15, 0.2) is 0 Å². The second-order valence-electron chi connectivity index (χ2n) is 12.0. The van der Waals surface area contributed by atoms with E-state index in [0.29, 0.717) is 10.8 Å². The molecule has 3 saturated carbocycles. The van der Waals surface area contributed by atoms with Crippen LogP contribution in [-0.2, 0) is 0 Å². The van der Waals surface area contributed by atoms with E-state index in [1.807, 2.05) is 0 Å². The number of hydrogen-bond donors (Lipinski definition) is 0. The van der Waals surface area contributed by atoms with Crippen molar-refractivity contribution in [3.8, 4) is 4.97 Å². The van der Waals surface area contributed by atoms with Gasteiger partial charge in [0.25, 0.3) is 0 Å². The number of nitrogens with zero attached hydrogens (tertiary/aromatic N) is 1. The molecule has 3 rings (SSSR count). The second kappa shape index (κ2) is 10.8. The Bertz CT molecular complexity index is 600. The molecule has 0 saturated heterocycles. The van der Waals surface area contributed by atoms with Gasteiger partial charge < -0.3 is 0 Å². The van der Waals surface area contributed by atoms with Crippen molar-refractivity contribution in [2.45, 2.75) is 104 Å². The molecule has 1 nitrogen and oxygen atoms in total. The van der Waals surface area contributed by atoms with Crippen LogP contribution >= 0.6 is 22.6 Å². The van der Waals surface area contributed by atoms with Gasteiger partial charge in [-0.05, 0) is 5.92 Å². The van der Waals surface area contributed by atoms with Crippen molar-refractivity contribution in [1.29, 1.82) is 5.26 Å². The average Bonchev–Trinajstić information content (AvgIpc) is 3.05. The molecule has 8 atom stereocenters. The van der Waals surface area contributed by atoms with Crippen molar-refractivity contribution >= 4 is 37.5 Å². The maximum absolute atomic E-state index is 9.14. The van der Waals surface area contributed by atoms with Gasteiger partial charge in [-0.2, -0.15) is 0 Å². The molecule has 0 N–H and O–H groups in total. The molecule has 3 aliphatic carbocycles. The Morgan fingerprint density at radius 2 is 1.80 bits per heavy atom. The molecular formula is C27H46INSe. The van der Waals surface area contributed by atoms with Gasteiger partial charge in [-0.15, -0.1) is 0 Å². The third kappa shape index (κ3) is 4.96. The summed E-state index contributed by atoms with van der Waals surface area (Å²) < 4.78 is 1.31. The molecule has 3 fully saturated rings. The summed E-state index contributed by atoms with van der Waals surface area (Å²) >= 11 is 2.85. The van der Waals surface area contributed by atoms with Crippen LogP contribution in [0.1, 0.15) is 98.8 Å². The van der Waals surface area contributed by atoms with Crippen LogP contribution in [0.4, 0.5) is 0 Å². The quantitative estimate of drug-likeness (QED) is 0.115. The molecule has 3 aliphatic rings. The van der Waals surface area contributed by atoms with E-state index in [0.717, 1.165) is 41.4 Å². The molecule has 0 aromatic rings. The zero-order valence-electron chi connectivity index (χ0n) is 20.3. The molecule has 0 aromatic heterocycles. The number of alkyl halides is 1. The molecule has 0 aliphatic heterocycles. The number of nitriles is 1. The van der Waals surface area contributed by atoms with Crippen LogP contribution in [0.15, 0.2) is 0 Å². The Balaban J connectivity index is 1.73. The molecule has 4 unspecified atom stereocenters. The van der Waals surface area contributed by atoms with Crippen LogP contribution in [0.2, 0.25) is 5.32 Å². The molecule has 30 heavy (non-hydrogen) atoms. The van der Waals surface area contributed by atoms with Gasteiger partial charge in [0, 0.05) is 0 Å². The molecule has 0 radical (unpaired) electrons. The zero-order valence-corrected chi connectivity index (χ0v) is 24.1. The van der Waals surface area contributed by atoms with Gasteiger partial charge in [0.2, 0.25) is 0 Å². The van der Waals surface area contributed by atoms with Gasteiger partial charge in [-0.3, -0.25) is 0 Å². The van der Waals surface area contributed by atoms with E-state index in [1.54, 1.807) is 0 Å². The molecule has 0 heterocycles. The van der Waals surface area contributed by atoms with Crippen LogP contribution < -0.4 is 0 Å². The fourth-order valence-corrected chi connectivity index (χ4v) is 11.3.